The third kappa shape index (κ3) is 6.44. The predicted octanol–water partition coefficient (Wildman–Crippen LogP) is 3.01. The van der Waals surface area contributed by atoms with E-state index in [1.165, 1.54) is 11.1 Å². The highest BCUT2D eigenvalue weighted by molar-refractivity contribution is 5.79. The van der Waals surface area contributed by atoms with E-state index in [2.05, 4.69) is 51.0 Å². The molecule has 6 heteroatoms. The third-order valence-corrected chi connectivity index (χ3v) is 4.63. The molecule has 0 unspecified atom stereocenters. The van der Waals surface area contributed by atoms with Gasteiger partial charge in [-0.3, -0.25) is 4.99 Å². The summed E-state index contributed by atoms with van der Waals surface area (Å²) in [6, 6.07) is 12.4. The molecule has 0 spiro atoms. The van der Waals surface area contributed by atoms with Gasteiger partial charge in [0.2, 0.25) is 0 Å². The highest BCUT2D eigenvalue weighted by atomic mass is 16.5. The molecule has 1 aliphatic rings. The zero-order chi connectivity index (χ0) is 19.4. The van der Waals surface area contributed by atoms with E-state index in [4.69, 9.17) is 4.74 Å². The van der Waals surface area contributed by atoms with Gasteiger partial charge in [0, 0.05) is 38.8 Å². The first-order chi connectivity index (χ1) is 13.8. The highest BCUT2D eigenvalue weighted by Crippen LogP contribution is 2.25. The number of nitrogens with one attached hydrogen (secondary N) is 3. The Bertz CT molecular complexity index is 748. The van der Waals surface area contributed by atoms with Gasteiger partial charge in [-0.25, -0.2) is 4.98 Å². The van der Waals surface area contributed by atoms with E-state index in [0.717, 1.165) is 76.0 Å². The average Bonchev–Trinajstić information content (AvgIpc) is 3.19. The van der Waals surface area contributed by atoms with Gasteiger partial charge in [-0.2, -0.15) is 0 Å². The van der Waals surface area contributed by atoms with E-state index in [1.54, 1.807) is 6.20 Å². The molecule has 1 aromatic carbocycles. The van der Waals surface area contributed by atoms with Crippen molar-refractivity contribution in [1.82, 2.24) is 15.6 Å². The van der Waals surface area contributed by atoms with E-state index < -0.39 is 0 Å². The lowest BCUT2D eigenvalue weighted by Crippen LogP contribution is -2.38. The smallest absolute Gasteiger partial charge is 0.191 e. The first-order valence-corrected chi connectivity index (χ1v) is 10.3. The van der Waals surface area contributed by atoms with Crippen molar-refractivity contribution in [3.05, 3.63) is 53.7 Å². The number of benzene rings is 1. The molecule has 6 nitrogen and oxygen atoms in total. The number of aromatic nitrogens is 1. The number of pyridine rings is 1. The summed E-state index contributed by atoms with van der Waals surface area (Å²) in [4.78, 5) is 8.94. The lowest BCUT2D eigenvalue weighted by molar-refractivity contribution is 0.357. The zero-order valence-corrected chi connectivity index (χ0v) is 16.7. The van der Waals surface area contributed by atoms with E-state index in [9.17, 15) is 0 Å². The Morgan fingerprint density at radius 2 is 2.11 bits per heavy atom. The van der Waals surface area contributed by atoms with E-state index >= 15 is 0 Å². The maximum absolute atomic E-state index is 5.57. The molecule has 28 heavy (non-hydrogen) atoms. The largest absolute Gasteiger partial charge is 0.493 e. The zero-order valence-electron chi connectivity index (χ0n) is 16.7. The normalized spacial score (nSPS) is 13.0. The molecule has 150 valence electrons. The Morgan fingerprint density at radius 1 is 1.14 bits per heavy atom. The first-order valence-electron chi connectivity index (χ1n) is 10.3. The van der Waals surface area contributed by atoms with Crippen molar-refractivity contribution >= 4 is 11.8 Å². The molecule has 2 heterocycles. The van der Waals surface area contributed by atoms with Gasteiger partial charge >= 0.3 is 0 Å². The Labute approximate surface area is 167 Å². The summed E-state index contributed by atoms with van der Waals surface area (Å²) in [5, 5.41) is 10.1. The second-order valence-corrected chi connectivity index (χ2v) is 6.83. The quantitative estimate of drug-likeness (QED) is 0.335. The van der Waals surface area contributed by atoms with Gasteiger partial charge in [0.05, 0.1) is 6.61 Å². The number of guanidine groups is 1. The molecule has 0 bridgehead atoms. The number of nitrogens with zero attached hydrogens (tertiary/aromatic N) is 2. The average molecular weight is 382 g/mol. The first kappa shape index (κ1) is 20.0. The molecule has 0 atom stereocenters. The molecular formula is C22H31N5O. The van der Waals surface area contributed by atoms with Crippen molar-refractivity contribution in [2.45, 2.75) is 32.6 Å². The fourth-order valence-electron chi connectivity index (χ4n) is 3.17. The maximum Gasteiger partial charge on any atom is 0.191 e. The van der Waals surface area contributed by atoms with Crippen LogP contribution in [0.1, 0.15) is 30.9 Å². The van der Waals surface area contributed by atoms with Crippen LogP contribution in [-0.2, 0) is 12.8 Å². The van der Waals surface area contributed by atoms with Crippen molar-refractivity contribution in [2.75, 3.05) is 38.1 Å². The Kier molecular flexibility index (Phi) is 7.97. The minimum Gasteiger partial charge on any atom is -0.493 e. The molecular weight excluding hydrogens is 350 g/mol. The van der Waals surface area contributed by atoms with Crippen LogP contribution in [0, 0.1) is 0 Å². The van der Waals surface area contributed by atoms with E-state index in [1.807, 2.05) is 18.2 Å². The summed E-state index contributed by atoms with van der Waals surface area (Å²) >= 11 is 0. The summed E-state index contributed by atoms with van der Waals surface area (Å²) < 4.78 is 5.57. The third-order valence-electron chi connectivity index (χ3n) is 4.63. The monoisotopic (exact) mass is 381 g/mol. The minimum atomic E-state index is 0.811. The second-order valence-electron chi connectivity index (χ2n) is 6.83. The number of aliphatic imine (C=N–C) groups is 1. The molecule has 3 N–H and O–H groups in total. The molecule has 1 aromatic heterocycles. The van der Waals surface area contributed by atoms with Crippen molar-refractivity contribution in [3.8, 4) is 5.75 Å². The number of ether oxygens (including phenoxy) is 1. The minimum absolute atomic E-state index is 0.811. The van der Waals surface area contributed by atoms with Crippen LogP contribution in [0.2, 0.25) is 0 Å². The predicted molar refractivity (Wildman–Crippen MR) is 115 cm³/mol. The van der Waals surface area contributed by atoms with Crippen molar-refractivity contribution in [2.24, 2.45) is 4.99 Å². The molecule has 0 saturated heterocycles. The highest BCUT2D eigenvalue weighted by Gasteiger charge is 2.11. The van der Waals surface area contributed by atoms with Gasteiger partial charge in [0.25, 0.3) is 0 Å². The summed E-state index contributed by atoms with van der Waals surface area (Å²) in [5.41, 5.74) is 2.67. The molecule has 1 aliphatic heterocycles. The number of rotatable bonds is 10. The SMILES string of the molecule is CCNC(=NCCCCNc1ccccn1)NCCc1ccc2c(c1)CCO2. The van der Waals surface area contributed by atoms with Crippen molar-refractivity contribution in [1.29, 1.82) is 0 Å². The van der Waals surface area contributed by atoms with Crippen LogP contribution in [-0.4, -0.2) is 43.7 Å². The second kappa shape index (κ2) is 11.2. The lowest BCUT2D eigenvalue weighted by Gasteiger charge is -2.12. The van der Waals surface area contributed by atoms with Gasteiger partial charge < -0.3 is 20.7 Å². The topological polar surface area (TPSA) is 70.6 Å². The molecule has 0 fully saturated rings. The summed E-state index contributed by atoms with van der Waals surface area (Å²) in [6.07, 6.45) is 5.91. The molecule has 0 aliphatic carbocycles. The van der Waals surface area contributed by atoms with Gasteiger partial charge in [0.15, 0.2) is 5.96 Å². The number of hydrogen-bond donors (Lipinski definition) is 3. The molecule has 0 saturated carbocycles. The van der Waals surface area contributed by atoms with Crippen LogP contribution in [0.25, 0.3) is 0 Å². The van der Waals surface area contributed by atoms with Gasteiger partial charge in [-0.1, -0.05) is 18.2 Å². The van der Waals surface area contributed by atoms with Crippen LogP contribution in [0.5, 0.6) is 5.75 Å². The molecule has 2 aromatic rings. The summed E-state index contributed by atoms with van der Waals surface area (Å²) in [7, 11) is 0. The fourth-order valence-corrected chi connectivity index (χ4v) is 3.17. The number of unbranched alkanes of at least 4 members (excludes halogenated alkanes) is 1. The Balaban J connectivity index is 1.34. The van der Waals surface area contributed by atoms with Crippen LogP contribution >= 0.6 is 0 Å². The van der Waals surface area contributed by atoms with Crippen LogP contribution in [0.4, 0.5) is 5.82 Å². The number of fused-ring (bicyclic) bond motifs is 1. The van der Waals surface area contributed by atoms with Crippen LogP contribution < -0.4 is 20.7 Å². The van der Waals surface area contributed by atoms with Crippen LogP contribution in [0.3, 0.4) is 0 Å². The Hall–Kier alpha value is -2.76. The maximum atomic E-state index is 5.57. The fraction of sp³-hybridized carbons (Fsp3) is 0.455. The van der Waals surface area contributed by atoms with Gasteiger partial charge in [0.1, 0.15) is 11.6 Å². The number of anilines is 1. The van der Waals surface area contributed by atoms with Gasteiger partial charge in [-0.15, -0.1) is 0 Å². The standard InChI is InChI=1S/C22H31N5O/c1-2-23-22(26-14-6-5-13-25-21-7-3-4-12-24-21)27-15-10-18-8-9-20-19(17-18)11-16-28-20/h3-4,7-9,12,17H,2,5-6,10-11,13-16H2,1H3,(H,24,25)(H2,23,26,27). The summed E-state index contributed by atoms with van der Waals surface area (Å²) in [6.45, 7) is 6.37. The van der Waals surface area contributed by atoms with Crippen molar-refractivity contribution < 1.29 is 4.74 Å². The summed E-state index contributed by atoms with van der Waals surface area (Å²) in [5.74, 6) is 2.87. The molecule has 3 rings (SSSR count). The lowest BCUT2D eigenvalue weighted by atomic mass is 10.1. The van der Waals surface area contributed by atoms with Crippen LogP contribution in [0.15, 0.2) is 47.6 Å². The number of hydrogen-bond acceptors (Lipinski definition) is 4. The molecule has 0 amide bonds. The van der Waals surface area contributed by atoms with E-state index in [-0.39, 0.29) is 0 Å². The van der Waals surface area contributed by atoms with Gasteiger partial charge in [-0.05, 0) is 55.5 Å². The Morgan fingerprint density at radius 3 is 2.96 bits per heavy atom. The molecule has 0 radical (unpaired) electrons. The van der Waals surface area contributed by atoms with Crippen molar-refractivity contribution in [3.63, 3.8) is 0 Å². The van der Waals surface area contributed by atoms with E-state index in [0.29, 0.717) is 0 Å².